The zero-order chi connectivity index (χ0) is 19.6. The van der Waals surface area contributed by atoms with Gasteiger partial charge in [0, 0.05) is 30.7 Å². The van der Waals surface area contributed by atoms with Gasteiger partial charge in [0.25, 0.3) is 5.91 Å². The topological polar surface area (TPSA) is 35.6 Å². The van der Waals surface area contributed by atoms with Gasteiger partial charge in [-0.1, -0.05) is 25.5 Å². The number of hydrogen-bond acceptors (Lipinski definition) is 3. The number of piperidine rings is 1. The molecule has 1 amide bonds. The lowest BCUT2D eigenvalue weighted by Gasteiger charge is -2.33. The average molecular weight is 374 g/mol. The molecule has 1 aliphatic heterocycles. The van der Waals surface area contributed by atoms with Crippen LogP contribution in [0.4, 0.5) is 0 Å². The summed E-state index contributed by atoms with van der Waals surface area (Å²) in [6.07, 6.45) is 6.25. The van der Waals surface area contributed by atoms with Crippen molar-refractivity contribution in [3.63, 3.8) is 0 Å². The summed E-state index contributed by atoms with van der Waals surface area (Å²) >= 11 is 0. The van der Waals surface area contributed by atoms with Crippen molar-refractivity contribution in [3.8, 4) is 0 Å². The molecule has 0 spiro atoms. The van der Waals surface area contributed by atoms with E-state index in [0.717, 1.165) is 50.6 Å². The molecule has 1 saturated heterocycles. The predicted octanol–water partition coefficient (Wildman–Crippen LogP) is 4.30. The van der Waals surface area contributed by atoms with Gasteiger partial charge in [-0.25, -0.2) is 0 Å². The van der Waals surface area contributed by atoms with Crippen LogP contribution in [0.3, 0.4) is 0 Å². The highest BCUT2D eigenvalue weighted by atomic mass is 16.1. The van der Waals surface area contributed by atoms with Gasteiger partial charge in [-0.15, -0.1) is 0 Å². The third kappa shape index (κ3) is 7.27. The van der Waals surface area contributed by atoms with Crippen LogP contribution in [-0.2, 0) is 6.54 Å². The molecule has 0 bridgehead atoms. The Hall–Kier alpha value is -1.39. The molecule has 1 atom stereocenters. The number of carbonyl (C=O) groups is 1. The number of nitrogens with zero attached hydrogens (tertiary/aromatic N) is 2. The van der Waals surface area contributed by atoms with Gasteiger partial charge in [0.1, 0.15) is 0 Å². The largest absolute Gasteiger partial charge is 0.352 e. The second kappa shape index (κ2) is 11.5. The summed E-state index contributed by atoms with van der Waals surface area (Å²) in [5, 5.41) is 3.07. The number of hydrogen-bond donors (Lipinski definition) is 1. The normalized spacial score (nSPS) is 18.2. The fraction of sp³-hybridized carbons (Fsp3) is 0.696. The van der Waals surface area contributed by atoms with Crippen LogP contribution in [0.5, 0.6) is 0 Å². The Morgan fingerprint density at radius 1 is 1.22 bits per heavy atom. The van der Waals surface area contributed by atoms with Crippen LogP contribution in [0.25, 0.3) is 0 Å². The van der Waals surface area contributed by atoms with E-state index in [1.165, 1.54) is 31.4 Å². The number of nitrogens with one attached hydrogen (secondary N) is 1. The summed E-state index contributed by atoms with van der Waals surface area (Å²) in [6, 6.07) is 9.33. The summed E-state index contributed by atoms with van der Waals surface area (Å²) in [4.78, 5) is 17.3. The van der Waals surface area contributed by atoms with E-state index in [1.54, 1.807) is 0 Å². The fourth-order valence-corrected chi connectivity index (χ4v) is 3.89. The Labute approximate surface area is 166 Å². The maximum Gasteiger partial charge on any atom is 0.251 e. The summed E-state index contributed by atoms with van der Waals surface area (Å²) in [7, 11) is 0. The predicted molar refractivity (Wildman–Crippen MR) is 114 cm³/mol. The van der Waals surface area contributed by atoms with Gasteiger partial charge in [-0.05, 0) is 83.8 Å². The van der Waals surface area contributed by atoms with Crippen molar-refractivity contribution in [3.05, 3.63) is 35.4 Å². The first-order chi connectivity index (χ1) is 13.0. The standard InChI is InChI=1S/C23H39N3O/c1-5-25(19(2)3)18-21-11-13-22(14-12-21)23(27)24-15-7-9-17-26-16-8-6-10-20(26)4/h11-14,19-20H,5-10,15-18H2,1-4H3,(H,24,27). The van der Waals surface area contributed by atoms with E-state index in [-0.39, 0.29) is 5.91 Å². The first-order valence-corrected chi connectivity index (χ1v) is 10.9. The molecular formula is C23H39N3O. The zero-order valence-electron chi connectivity index (χ0n) is 17.8. The summed E-state index contributed by atoms with van der Waals surface area (Å²) in [5.41, 5.74) is 2.02. The first kappa shape index (κ1) is 21.9. The molecule has 1 heterocycles. The number of likely N-dealkylation sites (tertiary alicyclic amines) is 1. The average Bonchev–Trinajstić information content (AvgIpc) is 2.67. The van der Waals surface area contributed by atoms with Crippen LogP contribution < -0.4 is 5.32 Å². The lowest BCUT2D eigenvalue weighted by molar-refractivity contribution is 0.0951. The minimum Gasteiger partial charge on any atom is -0.352 e. The van der Waals surface area contributed by atoms with E-state index in [9.17, 15) is 4.79 Å². The molecule has 1 N–H and O–H groups in total. The van der Waals surface area contributed by atoms with Gasteiger partial charge < -0.3 is 10.2 Å². The van der Waals surface area contributed by atoms with Gasteiger partial charge in [0.2, 0.25) is 0 Å². The van der Waals surface area contributed by atoms with Crippen molar-refractivity contribution in [2.24, 2.45) is 0 Å². The van der Waals surface area contributed by atoms with Crippen molar-refractivity contribution in [2.45, 2.75) is 78.4 Å². The van der Waals surface area contributed by atoms with Gasteiger partial charge >= 0.3 is 0 Å². The van der Waals surface area contributed by atoms with Crippen molar-refractivity contribution >= 4 is 5.91 Å². The van der Waals surface area contributed by atoms with Crippen molar-refractivity contribution < 1.29 is 4.79 Å². The van der Waals surface area contributed by atoms with Crippen LogP contribution in [0.1, 0.15) is 75.7 Å². The molecule has 152 valence electrons. The molecule has 4 nitrogen and oxygen atoms in total. The molecule has 0 aliphatic carbocycles. The van der Waals surface area contributed by atoms with E-state index >= 15 is 0 Å². The molecule has 1 aliphatic rings. The van der Waals surface area contributed by atoms with Crippen molar-refractivity contribution in [1.29, 1.82) is 0 Å². The van der Waals surface area contributed by atoms with Gasteiger partial charge in [0.05, 0.1) is 0 Å². The third-order valence-corrected chi connectivity index (χ3v) is 5.84. The minimum absolute atomic E-state index is 0.0455. The Bertz CT molecular complexity index is 555. The maximum absolute atomic E-state index is 12.3. The minimum atomic E-state index is 0.0455. The fourth-order valence-electron chi connectivity index (χ4n) is 3.89. The highest BCUT2D eigenvalue weighted by Crippen LogP contribution is 2.16. The highest BCUT2D eigenvalue weighted by Gasteiger charge is 2.17. The van der Waals surface area contributed by atoms with Crippen LogP contribution in [0.15, 0.2) is 24.3 Å². The number of carbonyl (C=O) groups excluding carboxylic acids is 1. The summed E-state index contributed by atoms with van der Waals surface area (Å²) in [5.74, 6) is 0.0455. The van der Waals surface area contributed by atoms with Crippen molar-refractivity contribution in [2.75, 3.05) is 26.2 Å². The number of unbranched alkanes of at least 4 members (excludes halogenated alkanes) is 1. The molecule has 27 heavy (non-hydrogen) atoms. The maximum atomic E-state index is 12.3. The molecule has 1 fully saturated rings. The van der Waals surface area contributed by atoms with Crippen LogP contribution in [0.2, 0.25) is 0 Å². The lowest BCUT2D eigenvalue weighted by atomic mass is 10.0. The van der Waals surface area contributed by atoms with E-state index in [0.29, 0.717) is 6.04 Å². The molecule has 1 unspecified atom stereocenters. The number of amides is 1. The molecule has 2 rings (SSSR count). The van der Waals surface area contributed by atoms with Crippen LogP contribution in [0, 0.1) is 0 Å². The monoisotopic (exact) mass is 373 g/mol. The number of benzene rings is 1. The Morgan fingerprint density at radius 2 is 1.96 bits per heavy atom. The van der Waals surface area contributed by atoms with Gasteiger partial charge in [0.15, 0.2) is 0 Å². The first-order valence-electron chi connectivity index (χ1n) is 10.9. The van der Waals surface area contributed by atoms with Crippen molar-refractivity contribution in [1.82, 2.24) is 15.1 Å². The second-order valence-corrected chi connectivity index (χ2v) is 8.20. The zero-order valence-corrected chi connectivity index (χ0v) is 17.8. The molecule has 0 aromatic heterocycles. The van der Waals surface area contributed by atoms with E-state index in [1.807, 2.05) is 12.1 Å². The second-order valence-electron chi connectivity index (χ2n) is 8.20. The highest BCUT2D eigenvalue weighted by molar-refractivity contribution is 5.94. The summed E-state index contributed by atoms with van der Waals surface area (Å²) < 4.78 is 0. The Balaban J connectivity index is 1.68. The molecule has 4 heteroatoms. The molecular weight excluding hydrogens is 334 g/mol. The Morgan fingerprint density at radius 3 is 2.59 bits per heavy atom. The Kier molecular flexibility index (Phi) is 9.29. The van der Waals surface area contributed by atoms with E-state index in [2.05, 4.69) is 54.9 Å². The SMILES string of the molecule is CCN(Cc1ccc(C(=O)NCCCCN2CCCCC2C)cc1)C(C)C. The van der Waals surface area contributed by atoms with E-state index < -0.39 is 0 Å². The van der Waals surface area contributed by atoms with Crippen LogP contribution >= 0.6 is 0 Å². The molecule has 0 saturated carbocycles. The van der Waals surface area contributed by atoms with E-state index in [4.69, 9.17) is 0 Å². The molecule has 0 radical (unpaired) electrons. The lowest BCUT2D eigenvalue weighted by Crippen LogP contribution is -2.38. The smallest absolute Gasteiger partial charge is 0.251 e. The number of rotatable bonds is 10. The third-order valence-electron chi connectivity index (χ3n) is 5.84. The van der Waals surface area contributed by atoms with Crippen LogP contribution in [-0.4, -0.2) is 54.0 Å². The van der Waals surface area contributed by atoms with Gasteiger partial charge in [-0.2, -0.15) is 0 Å². The molecule has 1 aromatic carbocycles. The van der Waals surface area contributed by atoms with Gasteiger partial charge in [-0.3, -0.25) is 9.69 Å². The quantitative estimate of drug-likeness (QED) is 0.621. The summed E-state index contributed by atoms with van der Waals surface area (Å²) in [6.45, 7) is 14.1. The molecule has 1 aromatic rings.